The minimum atomic E-state index is -0.421. The number of carbonyl (C=O) groups is 1. The molecular weight excluding hydrogens is 382 g/mol. The lowest BCUT2D eigenvalue weighted by Gasteiger charge is -2.15. The van der Waals surface area contributed by atoms with E-state index < -0.39 is 5.25 Å². The van der Waals surface area contributed by atoms with Gasteiger partial charge in [-0.25, -0.2) is 4.98 Å². The second-order valence-electron chi connectivity index (χ2n) is 5.79. The van der Waals surface area contributed by atoms with Gasteiger partial charge in [-0.1, -0.05) is 72.8 Å². The van der Waals surface area contributed by atoms with E-state index in [0.717, 1.165) is 5.56 Å². The molecule has 1 amide bonds. The maximum absolute atomic E-state index is 12.6. The molecule has 1 unspecified atom stereocenters. The summed E-state index contributed by atoms with van der Waals surface area (Å²) in [4.78, 5) is 31.9. The Balaban J connectivity index is 1.80. The summed E-state index contributed by atoms with van der Waals surface area (Å²) in [5.41, 5.74) is 1.72. The average Bonchev–Trinajstić information content (AvgIpc) is 2.68. The Bertz CT molecular complexity index is 992. The zero-order chi connectivity index (χ0) is 19.2. The molecule has 7 heteroatoms. The van der Waals surface area contributed by atoms with Crippen LogP contribution in [0.5, 0.6) is 0 Å². The van der Waals surface area contributed by atoms with Crippen LogP contribution >= 0.6 is 23.4 Å². The van der Waals surface area contributed by atoms with Gasteiger partial charge in [-0.15, -0.1) is 0 Å². The summed E-state index contributed by atoms with van der Waals surface area (Å²) in [5, 5.41) is 3.29. The molecule has 138 valence electrons. The Morgan fingerprint density at radius 1 is 1.19 bits per heavy atom. The molecule has 0 aliphatic heterocycles. The summed E-state index contributed by atoms with van der Waals surface area (Å²) in [6.45, 7) is 1.91. The van der Waals surface area contributed by atoms with Crippen LogP contribution in [0.4, 0.5) is 5.69 Å². The number of amides is 1. The number of aromatic amines is 1. The van der Waals surface area contributed by atoms with Gasteiger partial charge in [0.2, 0.25) is 5.91 Å². The fourth-order valence-electron chi connectivity index (χ4n) is 2.48. The molecule has 0 saturated heterocycles. The summed E-state index contributed by atoms with van der Waals surface area (Å²) in [7, 11) is 0. The maximum Gasteiger partial charge on any atom is 0.252 e. The Hall–Kier alpha value is -2.57. The van der Waals surface area contributed by atoms with E-state index in [1.807, 2.05) is 37.3 Å². The third kappa shape index (κ3) is 4.99. The molecule has 0 aliphatic rings. The van der Waals surface area contributed by atoms with Crippen LogP contribution in [0.2, 0.25) is 5.02 Å². The number of halogens is 1. The van der Waals surface area contributed by atoms with Crippen molar-refractivity contribution < 1.29 is 4.79 Å². The number of hydrogen-bond acceptors (Lipinski definition) is 4. The molecule has 27 heavy (non-hydrogen) atoms. The number of H-pyrrole nitrogens is 1. The second kappa shape index (κ2) is 8.88. The van der Waals surface area contributed by atoms with Gasteiger partial charge in [0.15, 0.2) is 5.16 Å². The minimum absolute atomic E-state index is 0.191. The van der Waals surface area contributed by atoms with Gasteiger partial charge in [-0.2, -0.15) is 0 Å². The van der Waals surface area contributed by atoms with E-state index in [-0.39, 0.29) is 11.5 Å². The van der Waals surface area contributed by atoms with Crippen molar-refractivity contribution >= 4 is 35.0 Å². The van der Waals surface area contributed by atoms with Gasteiger partial charge in [0.05, 0.1) is 21.7 Å². The van der Waals surface area contributed by atoms with E-state index in [2.05, 4.69) is 15.3 Å². The zero-order valence-corrected chi connectivity index (χ0v) is 16.2. The highest BCUT2D eigenvalue weighted by atomic mass is 35.5. The highest BCUT2D eigenvalue weighted by Crippen LogP contribution is 2.26. The van der Waals surface area contributed by atoms with Crippen LogP contribution in [0.3, 0.4) is 0 Å². The largest absolute Gasteiger partial charge is 0.324 e. The number of nitrogens with one attached hydrogen (secondary N) is 2. The summed E-state index contributed by atoms with van der Waals surface area (Å²) < 4.78 is 0. The molecule has 2 N–H and O–H groups in total. The van der Waals surface area contributed by atoms with Crippen molar-refractivity contribution in [2.24, 2.45) is 0 Å². The third-order valence-electron chi connectivity index (χ3n) is 3.84. The van der Waals surface area contributed by atoms with E-state index in [0.29, 0.717) is 28.0 Å². The topological polar surface area (TPSA) is 74.8 Å². The molecule has 5 nitrogen and oxygen atoms in total. The molecule has 0 aliphatic carbocycles. The third-order valence-corrected chi connectivity index (χ3v) is 5.42. The number of benzene rings is 2. The Labute approximate surface area is 166 Å². The summed E-state index contributed by atoms with van der Waals surface area (Å²) in [5.74, 6) is -0.191. The molecule has 2 aromatic carbocycles. The first-order chi connectivity index (χ1) is 13.1. The van der Waals surface area contributed by atoms with Gasteiger partial charge >= 0.3 is 0 Å². The Morgan fingerprint density at radius 3 is 2.59 bits per heavy atom. The van der Waals surface area contributed by atoms with Crippen LogP contribution in [-0.4, -0.2) is 21.1 Å². The highest BCUT2D eigenvalue weighted by Gasteiger charge is 2.20. The van der Waals surface area contributed by atoms with Crippen LogP contribution in [0, 0.1) is 0 Å². The lowest BCUT2D eigenvalue weighted by Crippen LogP contribution is -2.25. The lowest BCUT2D eigenvalue weighted by atomic mass is 10.1. The van der Waals surface area contributed by atoms with Gasteiger partial charge in [-0.05, 0) is 18.6 Å². The average molecular weight is 400 g/mol. The first-order valence-corrected chi connectivity index (χ1v) is 9.71. The molecule has 1 atom stereocenters. The number of anilines is 1. The lowest BCUT2D eigenvalue weighted by molar-refractivity contribution is -0.115. The number of para-hydroxylation sites is 1. The highest BCUT2D eigenvalue weighted by molar-refractivity contribution is 8.00. The molecule has 0 saturated carbocycles. The molecule has 3 aromatic rings. The number of thioether (sulfide) groups is 1. The van der Waals surface area contributed by atoms with E-state index in [1.165, 1.54) is 17.8 Å². The van der Waals surface area contributed by atoms with E-state index in [4.69, 9.17) is 11.6 Å². The summed E-state index contributed by atoms with van der Waals surface area (Å²) in [6, 6.07) is 18.0. The van der Waals surface area contributed by atoms with Gasteiger partial charge < -0.3 is 10.3 Å². The number of aromatic nitrogens is 2. The Kier molecular flexibility index (Phi) is 6.32. The smallest absolute Gasteiger partial charge is 0.252 e. The molecule has 0 radical (unpaired) electrons. The van der Waals surface area contributed by atoms with E-state index in [1.54, 1.807) is 24.3 Å². The molecule has 3 rings (SSSR count). The summed E-state index contributed by atoms with van der Waals surface area (Å²) >= 11 is 7.33. The fraction of sp³-hybridized carbons (Fsp3) is 0.150. The van der Waals surface area contributed by atoms with Crippen molar-refractivity contribution in [3.8, 4) is 11.3 Å². The van der Waals surface area contributed by atoms with Crippen molar-refractivity contribution in [1.29, 1.82) is 0 Å². The van der Waals surface area contributed by atoms with Gasteiger partial charge in [0, 0.05) is 11.6 Å². The van der Waals surface area contributed by atoms with Crippen LogP contribution < -0.4 is 10.9 Å². The first kappa shape index (κ1) is 19.2. The molecule has 0 fully saturated rings. The SMILES string of the molecule is CCC(Sc1nc(-c2ccccc2)cc(=O)[nH]1)C(=O)Nc1ccccc1Cl. The van der Waals surface area contributed by atoms with Crippen LogP contribution in [0.1, 0.15) is 13.3 Å². The number of rotatable bonds is 6. The van der Waals surface area contributed by atoms with E-state index in [9.17, 15) is 9.59 Å². The van der Waals surface area contributed by atoms with Crippen molar-refractivity contribution in [2.75, 3.05) is 5.32 Å². The predicted molar refractivity (Wildman–Crippen MR) is 110 cm³/mol. The summed E-state index contributed by atoms with van der Waals surface area (Å²) in [6.07, 6.45) is 0.570. The molecular formula is C20H18ClN3O2S. The van der Waals surface area contributed by atoms with Gasteiger partial charge in [-0.3, -0.25) is 9.59 Å². The standard InChI is InChI=1S/C20H18ClN3O2S/c1-2-17(19(26)22-15-11-7-6-10-14(15)21)27-20-23-16(12-18(25)24-20)13-8-4-3-5-9-13/h3-12,17H,2H2,1H3,(H,22,26)(H,23,24,25). The van der Waals surface area contributed by atoms with Crippen molar-refractivity contribution in [3.63, 3.8) is 0 Å². The minimum Gasteiger partial charge on any atom is -0.324 e. The van der Waals surface area contributed by atoms with Gasteiger partial charge in [0.25, 0.3) is 5.56 Å². The van der Waals surface area contributed by atoms with E-state index >= 15 is 0 Å². The maximum atomic E-state index is 12.6. The normalized spacial score (nSPS) is 11.8. The molecule has 1 heterocycles. The monoisotopic (exact) mass is 399 g/mol. The quantitative estimate of drug-likeness (QED) is 0.469. The van der Waals surface area contributed by atoms with Crippen LogP contribution in [0.25, 0.3) is 11.3 Å². The second-order valence-corrected chi connectivity index (χ2v) is 7.38. The molecule has 0 spiro atoms. The number of carbonyl (C=O) groups excluding carboxylic acids is 1. The van der Waals surface area contributed by atoms with Crippen molar-refractivity contribution in [3.05, 3.63) is 76.0 Å². The molecule has 1 aromatic heterocycles. The fourth-order valence-corrected chi connectivity index (χ4v) is 3.58. The zero-order valence-electron chi connectivity index (χ0n) is 14.6. The number of nitrogens with zero attached hydrogens (tertiary/aromatic N) is 1. The molecule has 0 bridgehead atoms. The Morgan fingerprint density at radius 2 is 1.89 bits per heavy atom. The van der Waals surface area contributed by atoms with Crippen molar-refractivity contribution in [2.45, 2.75) is 23.8 Å². The van der Waals surface area contributed by atoms with Crippen molar-refractivity contribution in [1.82, 2.24) is 9.97 Å². The number of hydrogen-bond donors (Lipinski definition) is 2. The van der Waals surface area contributed by atoms with Crippen LogP contribution in [-0.2, 0) is 4.79 Å². The van der Waals surface area contributed by atoms with Crippen LogP contribution in [0.15, 0.2) is 70.6 Å². The predicted octanol–water partition coefficient (Wildman–Crippen LogP) is 4.60. The van der Waals surface area contributed by atoms with Gasteiger partial charge in [0.1, 0.15) is 0 Å². The first-order valence-electron chi connectivity index (χ1n) is 8.45.